The van der Waals surface area contributed by atoms with Crippen molar-refractivity contribution in [3.63, 3.8) is 0 Å². The lowest BCUT2D eigenvalue weighted by molar-refractivity contribution is -0.136. The molecule has 1 saturated carbocycles. The average Bonchev–Trinajstić information content (AvgIpc) is 3.04. The van der Waals surface area contributed by atoms with E-state index in [2.05, 4.69) is 15.6 Å². The van der Waals surface area contributed by atoms with E-state index in [9.17, 15) is 14.4 Å². The second-order valence-corrected chi connectivity index (χ2v) is 6.34. The minimum Gasteiger partial charge on any atom is -0.481 e. The number of nitrogens with zero attached hydrogens (tertiary/aromatic N) is 1. The van der Waals surface area contributed by atoms with Crippen LogP contribution in [0.1, 0.15) is 18.5 Å². The van der Waals surface area contributed by atoms with Gasteiger partial charge in [-0.15, -0.1) is 11.3 Å². The van der Waals surface area contributed by atoms with Crippen molar-refractivity contribution in [1.82, 2.24) is 15.6 Å². The summed E-state index contributed by atoms with van der Waals surface area (Å²) in [5.41, 5.74) is 0.469. The molecule has 0 aliphatic heterocycles. The van der Waals surface area contributed by atoms with Crippen LogP contribution in [0.4, 0.5) is 4.79 Å². The van der Waals surface area contributed by atoms with Crippen molar-refractivity contribution in [3.05, 3.63) is 11.1 Å². The van der Waals surface area contributed by atoms with E-state index in [4.69, 9.17) is 5.11 Å². The van der Waals surface area contributed by atoms with Gasteiger partial charge in [0.25, 0.3) is 0 Å². The molecule has 0 aromatic carbocycles. The minimum atomic E-state index is -0.943. The van der Waals surface area contributed by atoms with Crippen molar-refractivity contribution in [3.8, 4) is 0 Å². The molecule has 1 aliphatic carbocycles. The lowest BCUT2D eigenvalue weighted by atomic mass is 10.3. The van der Waals surface area contributed by atoms with Gasteiger partial charge >= 0.3 is 12.0 Å². The highest BCUT2D eigenvalue weighted by molar-refractivity contribution is 8.01. The number of urea groups is 1. The molecule has 1 heterocycles. The van der Waals surface area contributed by atoms with E-state index >= 15 is 0 Å². The number of rotatable bonds is 6. The van der Waals surface area contributed by atoms with Crippen LogP contribution in [0.25, 0.3) is 0 Å². The van der Waals surface area contributed by atoms with Crippen molar-refractivity contribution in [2.45, 2.75) is 29.6 Å². The van der Waals surface area contributed by atoms with Crippen LogP contribution in [0.5, 0.6) is 0 Å². The molecule has 0 atom stereocenters. The zero-order chi connectivity index (χ0) is 14.5. The fourth-order valence-corrected chi connectivity index (χ4v) is 2.97. The van der Waals surface area contributed by atoms with Gasteiger partial charge in [-0.25, -0.2) is 9.78 Å². The molecule has 1 aromatic heterocycles. The number of nitrogens with one attached hydrogen (secondary N) is 2. The predicted molar refractivity (Wildman–Crippen MR) is 73.9 cm³/mol. The summed E-state index contributed by atoms with van der Waals surface area (Å²) >= 11 is 2.46. The summed E-state index contributed by atoms with van der Waals surface area (Å²) < 4.78 is 0.610. The fourth-order valence-electron chi connectivity index (χ4n) is 1.33. The second kappa shape index (κ2) is 6.71. The smallest absolute Gasteiger partial charge is 0.321 e. The Morgan fingerprint density at radius 1 is 1.45 bits per heavy atom. The number of hydrogen-bond donors (Lipinski definition) is 3. The molecular formula is C11H13N3O4S2. The molecule has 3 N–H and O–H groups in total. The number of carboxylic acids is 1. The Labute approximate surface area is 123 Å². The van der Waals surface area contributed by atoms with Gasteiger partial charge in [-0.1, -0.05) is 11.8 Å². The SMILES string of the molecule is O=C(O)Cc1csc(SCC(=O)NC(=O)NC2CC2)n1. The summed E-state index contributed by atoms with van der Waals surface area (Å²) in [7, 11) is 0. The Balaban J connectivity index is 1.70. The van der Waals surface area contributed by atoms with Crippen LogP contribution in [0.15, 0.2) is 9.72 Å². The fraction of sp³-hybridized carbons (Fsp3) is 0.455. The molecule has 20 heavy (non-hydrogen) atoms. The van der Waals surface area contributed by atoms with Gasteiger partial charge in [-0.05, 0) is 12.8 Å². The number of aromatic nitrogens is 1. The molecule has 7 nitrogen and oxygen atoms in total. The predicted octanol–water partition coefficient (Wildman–Crippen LogP) is 0.851. The van der Waals surface area contributed by atoms with E-state index in [0.717, 1.165) is 12.8 Å². The summed E-state index contributed by atoms with van der Waals surface area (Å²) in [6.45, 7) is 0. The van der Waals surface area contributed by atoms with Gasteiger partial charge in [0.2, 0.25) is 5.91 Å². The number of hydrogen-bond acceptors (Lipinski definition) is 6. The van der Waals surface area contributed by atoms with Crippen LogP contribution >= 0.6 is 23.1 Å². The van der Waals surface area contributed by atoms with Gasteiger partial charge in [-0.3, -0.25) is 14.9 Å². The first-order valence-electron chi connectivity index (χ1n) is 5.92. The summed E-state index contributed by atoms with van der Waals surface area (Å²) in [6, 6.07) is -0.267. The molecule has 0 unspecified atom stereocenters. The van der Waals surface area contributed by atoms with Crippen LogP contribution in [-0.2, 0) is 16.0 Å². The maximum atomic E-state index is 11.5. The normalized spacial score (nSPS) is 13.8. The second-order valence-electron chi connectivity index (χ2n) is 4.26. The Kier molecular flexibility index (Phi) is 4.96. The average molecular weight is 315 g/mol. The summed E-state index contributed by atoms with van der Waals surface area (Å²) in [5.74, 6) is -1.28. The van der Waals surface area contributed by atoms with Gasteiger partial charge in [0.1, 0.15) is 0 Å². The molecule has 0 radical (unpaired) electrons. The lowest BCUT2D eigenvalue weighted by Gasteiger charge is -2.04. The molecule has 2 rings (SSSR count). The van der Waals surface area contributed by atoms with Crippen molar-refractivity contribution < 1.29 is 19.5 Å². The standard InChI is InChI=1S/C11H13N3O4S2/c15-8(14-10(18)12-6-1-2-6)5-20-11-13-7(4-19-11)3-9(16)17/h4,6H,1-3,5H2,(H,16,17)(H2,12,14,15,18). The molecular weight excluding hydrogens is 302 g/mol. The highest BCUT2D eigenvalue weighted by Crippen LogP contribution is 2.22. The van der Waals surface area contributed by atoms with E-state index in [1.165, 1.54) is 23.1 Å². The van der Waals surface area contributed by atoms with Gasteiger partial charge < -0.3 is 10.4 Å². The molecule has 108 valence electrons. The number of carboxylic acid groups (broad SMARTS) is 1. The number of carbonyl (C=O) groups excluding carboxylic acids is 2. The number of amides is 3. The monoisotopic (exact) mass is 315 g/mol. The molecule has 0 saturated heterocycles. The number of carbonyl (C=O) groups is 3. The summed E-state index contributed by atoms with van der Waals surface area (Å²) in [6.07, 6.45) is 1.79. The Hall–Kier alpha value is -1.61. The van der Waals surface area contributed by atoms with Gasteiger partial charge in [0.05, 0.1) is 17.9 Å². The maximum absolute atomic E-state index is 11.5. The van der Waals surface area contributed by atoms with Gasteiger partial charge in [0.15, 0.2) is 4.34 Å². The lowest BCUT2D eigenvalue weighted by Crippen LogP contribution is -2.41. The van der Waals surface area contributed by atoms with Crippen molar-refractivity contribution in [2.75, 3.05) is 5.75 Å². The zero-order valence-electron chi connectivity index (χ0n) is 10.4. The quantitative estimate of drug-likeness (QED) is 0.672. The highest BCUT2D eigenvalue weighted by Gasteiger charge is 2.23. The molecule has 0 spiro atoms. The number of thiazole rings is 1. The largest absolute Gasteiger partial charge is 0.481 e. The van der Waals surface area contributed by atoms with E-state index in [-0.39, 0.29) is 18.2 Å². The van der Waals surface area contributed by atoms with Crippen LogP contribution in [0.2, 0.25) is 0 Å². The molecule has 1 aliphatic rings. The molecule has 0 bridgehead atoms. The van der Waals surface area contributed by atoms with E-state index in [1.807, 2.05) is 0 Å². The van der Waals surface area contributed by atoms with Crippen LogP contribution in [0, 0.1) is 0 Å². The Morgan fingerprint density at radius 3 is 2.85 bits per heavy atom. The first-order chi connectivity index (χ1) is 9.52. The summed E-state index contributed by atoms with van der Waals surface area (Å²) in [5, 5.41) is 15.2. The Morgan fingerprint density at radius 2 is 2.20 bits per heavy atom. The zero-order valence-corrected chi connectivity index (χ0v) is 12.1. The van der Waals surface area contributed by atoms with Gasteiger partial charge in [0, 0.05) is 11.4 Å². The molecule has 1 aromatic rings. The number of imide groups is 1. The molecule has 1 fully saturated rings. The number of thioether (sulfide) groups is 1. The van der Waals surface area contributed by atoms with E-state index in [1.54, 1.807) is 5.38 Å². The third kappa shape index (κ3) is 5.17. The third-order valence-corrected chi connectivity index (χ3v) is 4.43. The highest BCUT2D eigenvalue weighted by atomic mass is 32.2. The van der Waals surface area contributed by atoms with E-state index < -0.39 is 17.9 Å². The first-order valence-corrected chi connectivity index (χ1v) is 7.79. The minimum absolute atomic E-state index is 0.0676. The van der Waals surface area contributed by atoms with E-state index in [0.29, 0.717) is 10.0 Å². The molecule has 3 amide bonds. The van der Waals surface area contributed by atoms with Crippen LogP contribution in [-0.4, -0.2) is 39.8 Å². The third-order valence-electron chi connectivity index (χ3n) is 2.36. The van der Waals surface area contributed by atoms with Crippen LogP contribution < -0.4 is 10.6 Å². The van der Waals surface area contributed by atoms with Crippen molar-refractivity contribution >= 4 is 41.0 Å². The topological polar surface area (TPSA) is 108 Å². The maximum Gasteiger partial charge on any atom is 0.321 e. The summed E-state index contributed by atoms with van der Waals surface area (Å²) in [4.78, 5) is 37.4. The Bertz CT molecular complexity index is 527. The van der Waals surface area contributed by atoms with Crippen molar-refractivity contribution in [1.29, 1.82) is 0 Å². The first kappa shape index (κ1) is 14.8. The van der Waals surface area contributed by atoms with Crippen molar-refractivity contribution in [2.24, 2.45) is 0 Å². The molecule has 9 heteroatoms. The van der Waals surface area contributed by atoms with Crippen LogP contribution in [0.3, 0.4) is 0 Å². The van der Waals surface area contributed by atoms with Gasteiger partial charge in [-0.2, -0.15) is 0 Å². The number of aliphatic carboxylic acids is 1.